The fraction of sp³-hybridized carbons (Fsp3) is 0.167. The maximum absolute atomic E-state index is 10.6. The molecule has 0 aliphatic carbocycles. The molecule has 11 heavy (non-hydrogen) atoms. The maximum atomic E-state index is 10.6. The Labute approximate surface area is 66.2 Å². The second-order valence-electron chi connectivity index (χ2n) is 1.99. The molecule has 1 rings (SSSR count). The van der Waals surface area contributed by atoms with Crippen LogP contribution < -0.4 is 15.4 Å². The molecule has 1 aromatic heterocycles. The van der Waals surface area contributed by atoms with Gasteiger partial charge in [0, 0.05) is 6.26 Å². The van der Waals surface area contributed by atoms with Crippen LogP contribution in [0.5, 0.6) is 0 Å². The molecule has 4 nitrogen and oxygen atoms in total. The van der Waals surface area contributed by atoms with E-state index in [4.69, 9.17) is 0 Å². The molecule has 0 fully saturated rings. The van der Waals surface area contributed by atoms with Gasteiger partial charge in [0.1, 0.15) is 11.0 Å². The first-order valence-electron chi connectivity index (χ1n) is 2.85. The average molecular weight is 172 g/mol. The quantitative estimate of drug-likeness (QED) is 0.635. The number of nitrogens with one attached hydrogen (secondary N) is 1. The number of nitrogens with zero attached hydrogens (tertiary/aromatic N) is 1. The second-order valence-corrected chi connectivity index (χ2v) is 3.10. The average Bonchev–Trinajstić information content (AvgIpc) is 2.18. The predicted molar refractivity (Wildman–Crippen MR) is 44.5 cm³/mol. The zero-order valence-electron chi connectivity index (χ0n) is 6.09. The van der Waals surface area contributed by atoms with Gasteiger partial charge in [-0.3, -0.25) is 4.72 Å². The molecule has 1 aromatic rings. The lowest BCUT2D eigenvalue weighted by Gasteiger charge is -1.92. The smallest absolute Gasteiger partial charge is 0.188 e. The van der Waals surface area contributed by atoms with E-state index in [1.54, 1.807) is 0 Å². The van der Waals surface area contributed by atoms with Gasteiger partial charge < -0.3 is 4.52 Å². The van der Waals surface area contributed by atoms with Gasteiger partial charge in [0.05, 0.1) is 5.22 Å². The fourth-order valence-corrected chi connectivity index (χ4v) is 0.992. The molecule has 0 spiro atoms. The van der Waals surface area contributed by atoms with Crippen LogP contribution >= 0.6 is 0 Å². The summed E-state index contributed by atoms with van der Waals surface area (Å²) in [5.41, 5.74) is 0.387. The van der Waals surface area contributed by atoms with Gasteiger partial charge in [-0.25, -0.2) is 4.21 Å². The minimum Gasteiger partial charge on any atom is -0.355 e. The van der Waals surface area contributed by atoms with Crippen LogP contribution in [-0.2, 0) is 11.0 Å². The SMILES string of the molecule is C=c1onc(NS(C)=O)c1=C. The number of rotatable bonds is 2. The van der Waals surface area contributed by atoms with Crippen molar-refractivity contribution in [3.63, 3.8) is 0 Å². The first-order valence-corrected chi connectivity index (χ1v) is 4.40. The summed E-state index contributed by atoms with van der Waals surface area (Å²) >= 11 is 0. The monoisotopic (exact) mass is 172 g/mol. The largest absolute Gasteiger partial charge is 0.355 e. The zero-order chi connectivity index (χ0) is 8.43. The Kier molecular flexibility index (Phi) is 2.09. The summed E-state index contributed by atoms with van der Waals surface area (Å²) < 4.78 is 17.9. The van der Waals surface area contributed by atoms with E-state index < -0.39 is 11.0 Å². The molecule has 0 aliphatic rings. The van der Waals surface area contributed by atoms with E-state index >= 15 is 0 Å². The summed E-state index contributed by atoms with van der Waals surface area (Å²) in [4.78, 5) is 0. The van der Waals surface area contributed by atoms with Crippen molar-refractivity contribution < 1.29 is 8.73 Å². The lowest BCUT2D eigenvalue weighted by molar-refractivity contribution is 0.398. The Morgan fingerprint density at radius 1 is 1.64 bits per heavy atom. The third-order valence-corrected chi connectivity index (χ3v) is 1.59. The normalized spacial score (nSPS) is 12.8. The fourth-order valence-electron chi connectivity index (χ4n) is 0.559. The minimum absolute atomic E-state index is 0.385. The first-order chi connectivity index (χ1) is 5.11. The van der Waals surface area contributed by atoms with Gasteiger partial charge in [-0.15, -0.1) is 0 Å². The summed E-state index contributed by atoms with van der Waals surface area (Å²) in [5, 5.41) is 4.09. The molecule has 0 saturated carbocycles. The van der Waals surface area contributed by atoms with Crippen molar-refractivity contribution in [2.45, 2.75) is 0 Å². The molecule has 60 valence electrons. The van der Waals surface area contributed by atoms with Crippen LogP contribution in [0.1, 0.15) is 0 Å². The van der Waals surface area contributed by atoms with Gasteiger partial charge in [-0.1, -0.05) is 18.3 Å². The van der Waals surface area contributed by atoms with Gasteiger partial charge in [-0.2, -0.15) is 0 Å². The van der Waals surface area contributed by atoms with Gasteiger partial charge in [0.25, 0.3) is 0 Å². The molecule has 0 saturated heterocycles. The molecule has 0 aliphatic heterocycles. The molecule has 0 bridgehead atoms. The number of anilines is 1. The molecule has 1 unspecified atom stereocenters. The molecule has 0 aromatic carbocycles. The highest BCUT2D eigenvalue weighted by atomic mass is 32.2. The molecular formula is C6H8N2O2S. The minimum atomic E-state index is -1.15. The number of aromatic nitrogens is 1. The van der Waals surface area contributed by atoms with E-state index in [0.29, 0.717) is 16.5 Å². The van der Waals surface area contributed by atoms with Crippen molar-refractivity contribution in [2.75, 3.05) is 11.0 Å². The van der Waals surface area contributed by atoms with Crippen LogP contribution in [0.2, 0.25) is 0 Å². The maximum Gasteiger partial charge on any atom is 0.188 e. The van der Waals surface area contributed by atoms with Crippen LogP contribution in [0.15, 0.2) is 4.52 Å². The topological polar surface area (TPSA) is 55.1 Å². The van der Waals surface area contributed by atoms with Gasteiger partial charge >= 0.3 is 0 Å². The number of hydrogen-bond donors (Lipinski definition) is 1. The highest BCUT2D eigenvalue weighted by Gasteiger charge is 2.00. The third-order valence-electron chi connectivity index (χ3n) is 1.11. The van der Waals surface area contributed by atoms with E-state index in [-0.39, 0.29) is 0 Å². The van der Waals surface area contributed by atoms with E-state index in [1.165, 1.54) is 6.26 Å². The van der Waals surface area contributed by atoms with Gasteiger partial charge in [0.15, 0.2) is 11.2 Å². The van der Waals surface area contributed by atoms with Gasteiger partial charge in [0.2, 0.25) is 0 Å². The Balaban J connectivity index is 3.06. The van der Waals surface area contributed by atoms with Crippen molar-refractivity contribution in [2.24, 2.45) is 0 Å². The summed E-state index contributed by atoms with van der Waals surface area (Å²) in [6.45, 7) is 7.13. The first kappa shape index (κ1) is 8.00. The lowest BCUT2D eigenvalue weighted by Crippen LogP contribution is -2.20. The van der Waals surface area contributed by atoms with Crippen LogP contribution in [0, 0.1) is 0 Å². The molecule has 0 amide bonds. The number of hydrogen-bond acceptors (Lipinski definition) is 3. The standard InChI is InChI=1S/C6H8N2O2S/c1-4-5(2)10-7-6(4)8-11(3)9/h1-2H2,3H3,(H,7,8). The highest BCUT2D eigenvalue weighted by Crippen LogP contribution is 1.88. The molecule has 1 N–H and O–H groups in total. The van der Waals surface area contributed by atoms with Crippen LogP contribution in [0.25, 0.3) is 13.2 Å². The van der Waals surface area contributed by atoms with E-state index in [9.17, 15) is 4.21 Å². The van der Waals surface area contributed by atoms with Crippen molar-refractivity contribution in [1.82, 2.24) is 5.16 Å². The zero-order valence-corrected chi connectivity index (χ0v) is 6.90. The van der Waals surface area contributed by atoms with Gasteiger partial charge in [-0.05, 0) is 0 Å². The summed E-state index contributed by atoms with van der Waals surface area (Å²) in [7, 11) is -1.15. The van der Waals surface area contributed by atoms with Crippen molar-refractivity contribution in [3.05, 3.63) is 10.6 Å². The third kappa shape index (κ3) is 1.68. The van der Waals surface area contributed by atoms with E-state index in [2.05, 4.69) is 27.6 Å². The Morgan fingerprint density at radius 3 is 2.64 bits per heavy atom. The van der Waals surface area contributed by atoms with Crippen molar-refractivity contribution in [3.8, 4) is 0 Å². The molecular weight excluding hydrogens is 164 g/mol. The van der Waals surface area contributed by atoms with Crippen molar-refractivity contribution >= 4 is 30.0 Å². The summed E-state index contributed by atoms with van der Waals surface area (Å²) in [6, 6.07) is 0. The Hall–Kier alpha value is -1.10. The van der Waals surface area contributed by atoms with Crippen molar-refractivity contribution in [1.29, 1.82) is 0 Å². The molecule has 1 atom stereocenters. The summed E-state index contributed by atoms with van der Waals surface area (Å²) in [5.74, 6) is 0.385. The Morgan fingerprint density at radius 2 is 2.27 bits per heavy atom. The predicted octanol–water partition coefficient (Wildman–Crippen LogP) is -0.799. The highest BCUT2D eigenvalue weighted by molar-refractivity contribution is 7.85. The van der Waals surface area contributed by atoms with E-state index in [0.717, 1.165) is 0 Å². The van der Waals surface area contributed by atoms with Crippen LogP contribution in [0.3, 0.4) is 0 Å². The molecule has 0 radical (unpaired) electrons. The second kappa shape index (κ2) is 2.87. The van der Waals surface area contributed by atoms with E-state index in [1.807, 2.05) is 0 Å². The van der Waals surface area contributed by atoms with Crippen LogP contribution in [-0.4, -0.2) is 15.6 Å². The lowest BCUT2D eigenvalue weighted by atomic mass is 10.5. The Bertz CT molecular complexity index is 370. The molecule has 5 heteroatoms. The molecule has 1 heterocycles. The van der Waals surface area contributed by atoms with Crippen LogP contribution in [0.4, 0.5) is 5.82 Å². The summed E-state index contributed by atoms with van der Waals surface area (Å²) in [6.07, 6.45) is 1.50.